The number of fused-ring (bicyclic) bond motifs is 6. The molecule has 6 rings (SSSR count). The number of hydrogen-bond acceptors (Lipinski definition) is 2. The van der Waals surface area contributed by atoms with Crippen molar-refractivity contribution in [2.45, 2.75) is 77.3 Å². The van der Waals surface area contributed by atoms with Gasteiger partial charge in [0.2, 0.25) is 0 Å². The van der Waals surface area contributed by atoms with Crippen LogP contribution >= 0.6 is 0 Å². The minimum Gasteiger partial charge on any atom is -0.306 e. The highest BCUT2D eigenvalue weighted by atomic mass is 15.1. The van der Waals surface area contributed by atoms with E-state index < -0.39 is 0 Å². The van der Waals surface area contributed by atoms with Crippen LogP contribution in [0.25, 0.3) is 5.57 Å². The molecule has 0 aromatic heterocycles. The molecule has 3 fully saturated rings. The maximum absolute atomic E-state index is 2.68. The van der Waals surface area contributed by atoms with Gasteiger partial charge in [-0.3, -0.25) is 0 Å². The first-order valence-electron chi connectivity index (χ1n) is 13.6. The molecular weight excluding hydrogens is 388 g/mol. The molecule has 0 saturated heterocycles. The van der Waals surface area contributed by atoms with Crippen molar-refractivity contribution >= 4 is 5.57 Å². The maximum atomic E-state index is 2.68. The number of hydrogen-bond donors (Lipinski definition) is 0. The standard InChI is InChI=1S/C30H44N2/c1-30-15-13-26-25-10-8-24(31(2)3)18-21(25)7-9-27(26)29(30)12-11-28(30)22-6-5-20-14-16-32(4)19-23(20)17-22/h5-6,11,17,21,24-27,29H,7-10,12-16,18-19H2,1-4H3/t21-,24-,25-,26+,27+,29-,30+/m0/s1. The monoisotopic (exact) mass is 432 g/mol. The predicted octanol–water partition coefficient (Wildman–Crippen LogP) is 6.25. The third-order valence-electron chi connectivity index (χ3n) is 11.0. The lowest BCUT2D eigenvalue weighted by molar-refractivity contribution is -0.0482. The van der Waals surface area contributed by atoms with Crippen LogP contribution in [0.3, 0.4) is 0 Å². The molecule has 4 aliphatic carbocycles. The minimum atomic E-state index is 0.406. The lowest BCUT2D eigenvalue weighted by Gasteiger charge is -2.56. The second-order valence-electron chi connectivity index (χ2n) is 12.6. The van der Waals surface area contributed by atoms with Crippen LogP contribution in [-0.4, -0.2) is 43.5 Å². The highest BCUT2D eigenvalue weighted by Gasteiger charge is 2.54. The molecule has 32 heavy (non-hydrogen) atoms. The van der Waals surface area contributed by atoms with Crippen molar-refractivity contribution < 1.29 is 0 Å². The van der Waals surface area contributed by atoms with E-state index in [1.54, 1.807) is 22.3 Å². The van der Waals surface area contributed by atoms with Gasteiger partial charge in [-0.15, -0.1) is 0 Å². The summed E-state index contributed by atoms with van der Waals surface area (Å²) in [6, 6.07) is 8.32. The second kappa shape index (κ2) is 7.98. The van der Waals surface area contributed by atoms with E-state index in [4.69, 9.17) is 0 Å². The molecule has 0 amide bonds. The highest BCUT2D eigenvalue weighted by Crippen LogP contribution is 2.64. The third kappa shape index (κ3) is 3.35. The van der Waals surface area contributed by atoms with Gasteiger partial charge in [0, 0.05) is 19.1 Å². The van der Waals surface area contributed by atoms with E-state index in [0.29, 0.717) is 5.41 Å². The first kappa shape index (κ1) is 21.4. The molecule has 7 atom stereocenters. The lowest BCUT2D eigenvalue weighted by atomic mass is 9.49. The van der Waals surface area contributed by atoms with Crippen molar-refractivity contribution in [3.63, 3.8) is 0 Å². The van der Waals surface area contributed by atoms with Crippen LogP contribution in [0.4, 0.5) is 0 Å². The molecule has 1 heterocycles. The van der Waals surface area contributed by atoms with E-state index in [1.165, 1.54) is 64.3 Å². The Kier molecular flexibility index (Phi) is 5.34. The van der Waals surface area contributed by atoms with E-state index in [9.17, 15) is 0 Å². The summed E-state index contributed by atoms with van der Waals surface area (Å²) in [5.74, 6) is 4.91. The van der Waals surface area contributed by atoms with E-state index in [0.717, 1.165) is 42.2 Å². The Bertz CT molecular complexity index is 900. The normalized spacial score (nSPS) is 41.5. The van der Waals surface area contributed by atoms with Crippen molar-refractivity contribution in [2.75, 3.05) is 27.7 Å². The molecule has 3 saturated carbocycles. The molecule has 0 unspecified atom stereocenters. The van der Waals surface area contributed by atoms with Gasteiger partial charge in [-0.25, -0.2) is 0 Å². The zero-order chi connectivity index (χ0) is 22.0. The molecule has 174 valence electrons. The molecule has 1 aliphatic heterocycles. The van der Waals surface area contributed by atoms with Gasteiger partial charge in [0.15, 0.2) is 0 Å². The zero-order valence-corrected chi connectivity index (χ0v) is 20.9. The van der Waals surface area contributed by atoms with Gasteiger partial charge in [-0.1, -0.05) is 25.1 Å². The Balaban J connectivity index is 1.22. The molecule has 0 radical (unpaired) electrons. The Morgan fingerprint density at radius 3 is 2.66 bits per heavy atom. The SMILES string of the molecule is CN1CCc2ccc(C3=CC[C@H]4[C@@H]5CC[C@H]6C[C@@H](N(C)C)CC[C@@H]6[C@H]5CC[C@]34C)cc2C1. The van der Waals surface area contributed by atoms with E-state index in [2.05, 4.69) is 62.1 Å². The van der Waals surface area contributed by atoms with Gasteiger partial charge in [0.1, 0.15) is 0 Å². The topological polar surface area (TPSA) is 6.48 Å². The number of nitrogens with zero attached hydrogens (tertiary/aromatic N) is 2. The lowest BCUT2D eigenvalue weighted by Crippen LogP contribution is -2.49. The van der Waals surface area contributed by atoms with Crippen molar-refractivity contribution in [1.82, 2.24) is 9.80 Å². The molecule has 2 heteroatoms. The molecule has 0 N–H and O–H groups in total. The van der Waals surface area contributed by atoms with Crippen LogP contribution in [0, 0.1) is 35.0 Å². The fourth-order valence-electron chi connectivity index (χ4n) is 9.18. The summed E-state index contributed by atoms with van der Waals surface area (Å²) in [6.07, 6.45) is 15.5. The summed E-state index contributed by atoms with van der Waals surface area (Å²) >= 11 is 0. The molecule has 1 aromatic carbocycles. The Morgan fingerprint density at radius 1 is 0.969 bits per heavy atom. The fraction of sp³-hybridized carbons (Fsp3) is 0.733. The summed E-state index contributed by atoms with van der Waals surface area (Å²) in [4.78, 5) is 4.98. The number of rotatable bonds is 2. The summed E-state index contributed by atoms with van der Waals surface area (Å²) in [5.41, 5.74) is 6.82. The van der Waals surface area contributed by atoms with Crippen molar-refractivity contribution in [3.8, 4) is 0 Å². The van der Waals surface area contributed by atoms with Gasteiger partial charge in [-0.05, 0) is 142 Å². The summed E-state index contributed by atoms with van der Waals surface area (Å²) < 4.78 is 0. The molecule has 1 aromatic rings. The van der Waals surface area contributed by atoms with Crippen LogP contribution in [0.15, 0.2) is 24.3 Å². The van der Waals surface area contributed by atoms with Crippen LogP contribution < -0.4 is 0 Å². The van der Waals surface area contributed by atoms with E-state index in [-0.39, 0.29) is 0 Å². The Morgan fingerprint density at radius 2 is 1.81 bits per heavy atom. The van der Waals surface area contributed by atoms with Crippen molar-refractivity contribution in [2.24, 2.45) is 35.0 Å². The molecular formula is C30H44N2. The third-order valence-corrected chi connectivity index (χ3v) is 11.0. The maximum Gasteiger partial charge on any atom is 0.0233 e. The average molecular weight is 433 g/mol. The van der Waals surface area contributed by atoms with E-state index in [1.807, 2.05) is 0 Å². The predicted molar refractivity (Wildman–Crippen MR) is 134 cm³/mol. The molecule has 0 spiro atoms. The average Bonchev–Trinajstić information content (AvgIpc) is 3.15. The largest absolute Gasteiger partial charge is 0.306 e. The minimum absolute atomic E-state index is 0.406. The Labute approximate surface area is 196 Å². The molecule has 5 aliphatic rings. The number of allylic oxidation sites excluding steroid dienone is 2. The van der Waals surface area contributed by atoms with Crippen LogP contribution in [0.5, 0.6) is 0 Å². The second-order valence-corrected chi connectivity index (χ2v) is 12.6. The van der Waals surface area contributed by atoms with Gasteiger partial charge in [-0.2, -0.15) is 0 Å². The summed E-state index contributed by atoms with van der Waals surface area (Å²) in [6.45, 7) is 4.97. The van der Waals surface area contributed by atoms with Gasteiger partial charge in [0.05, 0.1) is 0 Å². The Hall–Kier alpha value is -1.12. The van der Waals surface area contributed by atoms with Gasteiger partial charge >= 0.3 is 0 Å². The quantitative estimate of drug-likeness (QED) is 0.545. The van der Waals surface area contributed by atoms with Crippen LogP contribution in [-0.2, 0) is 13.0 Å². The summed E-state index contributed by atoms with van der Waals surface area (Å²) in [7, 11) is 6.87. The first-order valence-corrected chi connectivity index (χ1v) is 13.6. The van der Waals surface area contributed by atoms with Crippen molar-refractivity contribution in [3.05, 3.63) is 41.0 Å². The smallest absolute Gasteiger partial charge is 0.0233 e. The van der Waals surface area contributed by atoms with Crippen LogP contribution in [0.1, 0.15) is 75.0 Å². The van der Waals surface area contributed by atoms with Gasteiger partial charge < -0.3 is 9.80 Å². The number of likely N-dealkylation sites (N-methyl/N-ethyl adjacent to an activating group) is 1. The van der Waals surface area contributed by atoms with Crippen molar-refractivity contribution in [1.29, 1.82) is 0 Å². The zero-order valence-electron chi connectivity index (χ0n) is 20.9. The number of benzene rings is 1. The summed E-state index contributed by atoms with van der Waals surface area (Å²) in [5, 5.41) is 0. The van der Waals surface area contributed by atoms with Gasteiger partial charge in [0.25, 0.3) is 0 Å². The molecule has 0 bridgehead atoms. The van der Waals surface area contributed by atoms with E-state index >= 15 is 0 Å². The fourth-order valence-corrected chi connectivity index (χ4v) is 9.18. The highest BCUT2D eigenvalue weighted by molar-refractivity contribution is 5.73. The van der Waals surface area contributed by atoms with Crippen LogP contribution in [0.2, 0.25) is 0 Å². The first-order chi connectivity index (χ1) is 15.4. The molecule has 2 nitrogen and oxygen atoms in total.